The summed E-state index contributed by atoms with van der Waals surface area (Å²) < 4.78 is 5.35. The Balaban J connectivity index is 1.30. The number of ether oxygens (including phenoxy) is 1. The van der Waals surface area contributed by atoms with Crippen molar-refractivity contribution in [2.24, 2.45) is 0 Å². The van der Waals surface area contributed by atoms with E-state index in [0.717, 1.165) is 82.8 Å². The maximum Gasteiger partial charge on any atom is 0.223 e. The maximum atomic E-state index is 12.4. The second-order valence-corrected chi connectivity index (χ2v) is 7.24. The summed E-state index contributed by atoms with van der Waals surface area (Å²) in [6.45, 7) is 9.66. The summed E-state index contributed by atoms with van der Waals surface area (Å²) >= 11 is 6.07. The Labute approximate surface area is 161 Å². The first kappa shape index (κ1) is 19.4. The molecule has 0 aliphatic carbocycles. The van der Waals surface area contributed by atoms with Gasteiger partial charge in [-0.05, 0) is 18.2 Å². The number of carbonyl (C=O) groups is 1. The van der Waals surface area contributed by atoms with Gasteiger partial charge in [-0.25, -0.2) is 0 Å². The van der Waals surface area contributed by atoms with Crippen LogP contribution in [0.4, 0.5) is 5.69 Å². The van der Waals surface area contributed by atoms with Gasteiger partial charge in [-0.3, -0.25) is 9.69 Å². The second-order valence-electron chi connectivity index (χ2n) is 6.80. The van der Waals surface area contributed by atoms with Gasteiger partial charge in [-0.2, -0.15) is 0 Å². The van der Waals surface area contributed by atoms with Crippen LogP contribution in [0.15, 0.2) is 24.3 Å². The Kier molecular flexibility index (Phi) is 7.55. The smallest absolute Gasteiger partial charge is 0.223 e. The monoisotopic (exact) mass is 380 g/mol. The van der Waals surface area contributed by atoms with Gasteiger partial charge >= 0.3 is 0 Å². The van der Waals surface area contributed by atoms with Crippen LogP contribution in [0.1, 0.15) is 6.42 Å². The van der Waals surface area contributed by atoms with E-state index >= 15 is 0 Å². The topological polar surface area (TPSA) is 48.1 Å². The molecule has 2 saturated heterocycles. The number of anilines is 1. The van der Waals surface area contributed by atoms with Crippen LogP contribution in [0.5, 0.6) is 0 Å². The normalized spacial score (nSPS) is 19.0. The van der Waals surface area contributed by atoms with Crippen molar-refractivity contribution in [3.8, 4) is 0 Å². The van der Waals surface area contributed by atoms with Crippen molar-refractivity contribution in [1.82, 2.24) is 15.1 Å². The molecule has 1 N–H and O–H groups in total. The molecular weight excluding hydrogens is 352 g/mol. The summed E-state index contributed by atoms with van der Waals surface area (Å²) in [5, 5.41) is 4.14. The van der Waals surface area contributed by atoms with Crippen LogP contribution in [-0.2, 0) is 9.53 Å². The Morgan fingerprint density at radius 1 is 1.08 bits per heavy atom. The summed E-state index contributed by atoms with van der Waals surface area (Å²) in [5.41, 5.74) is 1.13. The zero-order valence-corrected chi connectivity index (χ0v) is 16.1. The van der Waals surface area contributed by atoms with Gasteiger partial charge in [0, 0.05) is 76.0 Å². The standard InChI is InChI=1S/C19H29ClN4O2/c20-17-2-1-3-18(16-17)23-8-10-24(11-9-23)19(25)4-5-21-6-7-22-12-14-26-15-13-22/h1-3,16,21H,4-15H2. The van der Waals surface area contributed by atoms with E-state index in [9.17, 15) is 4.79 Å². The minimum Gasteiger partial charge on any atom is -0.379 e. The summed E-state index contributed by atoms with van der Waals surface area (Å²) in [6, 6.07) is 7.91. The minimum atomic E-state index is 0.245. The lowest BCUT2D eigenvalue weighted by atomic mass is 10.2. The molecule has 1 aromatic carbocycles. The van der Waals surface area contributed by atoms with Crippen LogP contribution in [0.2, 0.25) is 5.02 Å². The number of carbonyl (C=O) groups excluding carboxylic acids is 1. The molecule has 2 aliphatic heterocycles. The number of nitrogens with zero attached hydrogens (tertiary/aromatic N) is 3. The van der Waals surface area contributed by atoms with E-state index in [1.54, 1.807) is 0 Å². The highest BCUT2D eigenvalue weighted by Gasteiger charge is 2.21. The lowest BCUT2D eigenvalue weighted by Crippen LogP contribution is -2.49. The molecule has 0 saturated carbocycles. The average molecular weight is 381 g/mol. The van der Waals surface area contributed by atoms with Crippen molar-refractivity contribution in [3.63, 3.8) is 0 Å². The Hall–Kier alpha value is -1.34. The zero-order valence-electron chi connectivity index (χ0n) is 15.3. The number of amides is 1. The molecule has 2 fully saturated rings. The van der Waals surface area contributed by atoms with Gasteiger partial charge < -0.3 is 19.9 Å². The van der Waals surface area contributed by atoms with Gasteiger partial charge in [-0.1, -0.05) is 17.7 Å². The lowest BCUT2D eigenvalue weighted by Gasteiger charge is -2.36. The van der Waals surface area contributed by atoms with Crippen molar-refractivity contribution >= 4 is 23.2 Å². The number of rotatable bonds is 7. The number of morpholine rings is 1. The van der Waals surface area contributed by atoms with E-state index in [0.29, 0.717) is 6.42 Å². The third-order valence-corrected chi connectivity index (χ3v) is 5.26. The number of halogens is 1. The number of nitrogens with one attached hydrogen (secondary N) is 1. The van der Waals surface area contributed by atoms with Crippen LogP contribution in [-0.4, -0.2) is 87.8 Å². The molecule has 7 heteroatoms. The van der Waals surface area contributed by atoms with Crippen molar-refractivity contribution < 1.29 is 9.53 Å². The minimum absolute atomic E-state index is 0.245. The highest BCUT2D eigenvalue weighted by molar-refractivity contribution is 6.30. The second kappa shape index (κ2) is 10.1. The van der Waals surface area contributed by atoms with Crippen molar-refractivity contribution in [2.75, 3.05) is 77.0 Å². The number of hydrogen-bond acceptors (Lipinski definition) is 5. The molecule has 0 aromatic heterocycles. The fourth-order valence-electron chi connectivity index (χ4n) is 3.43. The van der Waals surface area contributed by atoms with Crippen LogP contribution < -0.4 is 10.2 Å². The molecule has 1 amide bonds. The third-order valence-electron chi connectivity index (χ3n) is 5.03. The van der Waals surface area contributed by atoms with E-state index < -0.39 is 0 Å². The SMILES string of the molecule is O=C(CCNCCN1CCOCC1)N1CCN(c2cccc(Cl)c2)CC1. The number of piperazine rings is 1. The first-order chi connectivity index (χ1) is 12.7. The summed E-state index contributed by atoms with van der Waals surface area (Å²) in [6.07, 6.45) is 0.570. The van der Waals surface area contributed by atoms with Crippen LogP contribution in [0.3, 0.4) is 0 Å². The zero-order chi connectivity index (χ0) is 18.2. The van der Waals surface area contributed by atoms with Crippen LogP contribution in [0.25, 0.3) is 0 Å². The van der Waals surface area contributed by atoms with E-state index in [1.807, 2.05) is 23.1 Å². The van der Waals surface area contributed by atoms with E-state index in [-0.39, 0.29) is 5.91 Å². The fraction of sp³-hybridized carbons (Fsp3) is 0.632. The molecule has 6 nitrogen and oxygen atoms in total. The van der Waals surface area contributed by atoms with E-state index in [4.69, 9.17) is 16.3 Å². The largest absolute Gasteiger partial charge is 0.379 e. The predicted molar refractivity (Wildman–Crippen MR) is 105 cm³/mol. The molecule has 1 aromatic rings. The summed E-state index contributed by atoms with van der Waals surface area (Å²) in [5.74, 6) is 0.245. The predicted octanol–water partition coefficient (Wildman–Crippen LogP) is 1.30. The molecule has 26 heavy (non-hydrogen) atoms. The molecule has 144 valence electrons. The first-order valence-electron chi connectivity index (χ1n) is 9.51. The molecular formula is C19H29ClN4O2. The van der Waals surface area contributed by atoms with Crippen LogP contribution in [0, 0.1) is 0 Å². The fourth-order valence-corrected chi connectivity index (χ4v) is 3.61. The molecule has 0 spiro atoms. The highest BCUT2D eigenvalue weighted by atomic mass is 35.5. The third kappa shape index (κ3) is 5.84. The average Bonchev–Trinajstić information content (AvgIpc) is 2.68. The Bertz CT molecular complexity index is 572. The Morgan fingerprint density at radius 2 is 1.85 bits per heavy atom. The summed E-state index contributed by atoms with van der Waals surface area (Å²) in [7, 11) is 0. The van der Waals surface area contributed by atoms with Gasteiger partial charge in [0.25, 0.3) is 0 Å². The molecule has 2 aliphatic rings. The molecule has 0 atom stereocenters. The molecule has 0 radical (unpaired) electrons. The lowest BCUT2D eigenvalue weighted by molar-refractivity contribution is -0.131. The molecule has 2 heterocycles. The number of hydrogen-bond donors (Lipinski definition) is 1. The Morgan fingerprint density at radius 3 is 2.58 bits per heavy atom. The van der Waals surface area contributed by atoms with E-state index in [2.05, 4.69) is 21.2 Å². The van der Waals surface area contributed by atoms with E-state index in [1.165, 1.54) is 0 Å². The molecule has 0 unspecified atom stereocenters. The maximum absolute atomic E-state index is 12.4. The van der Waals surface area contributed by atoms with Crippen LogP contribution >= 0.6 is 11.6 Å². The van der Waals surface area contributed by atoms with Gasteiger partial charge in [0.1, 0.15) is 0 Å². The van der Waals surface area contributed by atoms with Gasteiger partial charge in [0.15, 0.2) is 0 Å². The molecule has 0 bridgehead atoms. The number of benzene rings is 1. The quantitative estimate of drug-likeness (QED) is 0.722. The van der Waals surface area contributed by atoms with Gasteiger partial charge in [0.05, 0.1) is 13.2 Å². The molecule has 3 rings (SSSR count). The first-order valence-corrected chi connectivity index (χ1v) is 9.89. The summed E-state index contributed by atoms with van der Waals surface area (Å²) in [4.78, 5) is 19.0. The van der Waals surface area contributed by atoms with Crippen molar-refractivity contribution in [3.05, 3.63) is 29.3 Å². The van der Waals surface area contributed by atoms with Crippen molar-refractivity contribution in [2.45, 2.75) is 6.42 Å². The highest BCUT2D eigenvalue weighted by Crippen LogP contribution is 2.20. The van der Waals surface area contributed by atoms with Crippen molar-refractivity contribution in [1.29, 1.82) is 0 Å². The van der Waals surface area contributed by atoms with Gasteiger partial charge in [-0.15, -0.1) is 0 Å². The van der Waals surface area contributed by atoms with Gasteiger partial charge in [0.2, 0.25) is 5.91 Å².